The number of aromatic nitrogens is 2. The standard InChI is InChI=1S/C24H22N2O4.K.H/c1-29-19-9-7-15-12-17(6-5-16(15)13-19)23-20-14-18(24(27)28)8-10-21(20)26(25-23)22-4-2-3-11-30-22;;/h5-10,12-14,22H,2-4,11H2,1H3,(H,27,28);;/q;+1;-1. The number of benzene rings is 3. The maximum absolute atomic E-state index is 11.6. The van der Waals surface area contributed by atoms with Gasteiger partial charge >= 0.3 is 57.4 Å². The summed E-state index contributed by atoms with van der Waals surface area (Å²) in [5.41, 5.74) is 2.84. The van der Waals surface area contributed by atoms with Crippen LogP contribution < -0.4 is 56.1 Å². The first-order valence-corrected chi connectivity index (χ1v) is 10.1. The van der Waals surface area contributed by atoms with Gasteiger partial charge in [-0.05, 0) is 66.4 Å². The number of carboxylic acid groups (broad SMARTS) is 1. The summed E-state index contributed by atoms with van der Waals surface area (Å²) in [4.78, 5) is 11.6. The molecule has 0 radical (unpaired) electrons. The van der Waals surface area contributed by atoms with Gasteiger partial charge < -0.3 is 16.0 Å². The first-order chi connectivity index (χ1) is 14.6. The minimum Gasteiger partial charge on any atom is -1.00 e. The molecule has 6 nitrogen and oxygen atoms in total. The molecule has 5 rings (SSSR count). The van der Waals surface area contributed by atoms with Crippen LogP contribution in [0, 0.1) is 0 Å². The van der Waals surface area contributed by atoms with E-state index in [1.807, 2.05) is 41.1 Å². The van der Waals surface area contributed by atoms with Crippen LogP contribution in [0.3, 0.4) is 0 Å². The summed E-state index contributed by atoms with van der Waals surface area (Å²) in [6, 6.07) is 17.2. The van der Waals surface area contributed by atoms with Crippen molar-refractivity contribution in [1.29, 1.82) is 0 Å². The predicted octanol–water partition coefficient (Wildman–Crippen LogP) is 2.38. The third-order valence-corrected chi connectivity index (χ3v) is 5.70. The molecule has 1 unspecified atom stereocenters. The van der Waals surface area contributed by atoms with E-state index in [-0.39, 0.29) is 64.6 Å². The summed E-state index contributed by atoms with van der Waals surface area (Å²) in [5.74, 6) is -0.138. The minimum absolute atomic E-state index is 0. The molecular formula is C24H23KN2O4. The fraction of sp³-hybridized carbons (Fsp3) is 0.250. The van der Waals surface area contributed by atoms with Crippen molar-refractivity contribution in [1.82, 2.24) is 9.78 Å². The molecule has 0 spiro atoms. The van der Waals surface area contributed by atoms with Crippen molar-refractivity contribution in [3.8, 4) is 17.0 Å². The summed E-state index contributed by atoms with van der Waals surface area (Å²) in [7, 11) is 1.65. The van der Waals surface area contributed by atoms with Gasteiger partial charge in [-0.25, -0.2) is 9.48 Å². The second-order valence-electron chi connectivity index (χ2n) is 7.58. The molecule has 154 valence electrons. The fourth-order valence-corrected chi connectivity index (χ4v) is 4.12. The average Bonchev–Trinajstić information content (AvgIpc) is 3.18. The fourth-order valence-electron chi connectivity index (χ4n) is 4.12. The normalized spacial score (nSPS) is 16.2. The molecular weight excluding hydrogens is 419 g/mol. The number of hydrogen-bond acceptors (Lipinski definition) is 4. The number of ether oxygens (including phenoxy) is 2. The van der Waals surface area contributed by atoms with Crippen molar-refractivity contribution >= 4 is 27.6 Å². The van der Waals surface area contributed by atoms with Crippen molar-refractivity contribution in [3.63, 3.8) is 0 Å². The van der Waals surface area contributed by atoms with E-state index in [0.717, 1.165) is 57.9 Å². The van der Waals surface area contributed by atoms with Gasteiger partial charge in [0.25, 0.3) is 0 Å². The van der Waals surface area contributed by atoms with Crippen LogP contribution in [0.2, 0.25) is 0 Å². The first-order valence-electron chi connectivity index (χ1n) is 10.1. The zero-order chi connectivity index (χ0) is 20.7. The Bertz CT molecular complexity index is 1270. The predicted molar refractivity (Wildman–Crippen MR) is 116 cm³/mol. The summed E-state index contributed by atoms with van der Waals surface area (Å²) in [6.07, 6.45) is 2.91. The third kappa shape index (κ3) is 4.31. The zero-order valence-electron chi connectivity index (χ0n) is 18.7. The van der Waals surface area contributed by atoms with Crippen LogP contribution in [-0.2, 0) is 4.74 Å². The number of aromatic carboxylic acids is 1. The molecule has 1 aliphatic heterocycles. The van der Waals surface area contributed by atoms with E-state index in [1.54, 1.807) is 19.2 Å². The Labute approximate surface area is 224 Å². The van der Waals surface area contributed by atoms with Crippen molar-refractivity contribution in [2.45, 2.75) is 25.5 Å². The van der Waals surface area contributed by atoms with Gasteiger partial charge in [-0.1, -0.05) is 18.2 Å². The van der Waals surface area contributed by atoms with Crippen molar-refractivity contribution in [2.75, 3.05) is 13.7 Å². The molecule has 31 heavy (non-hydrogen) atoms. The van der Waals surface area contributed by atoms with Gasteiger partial charge in [-0.3, -0.25) is 0 Å². The molecule has 1 saturated heterocycles. The molecule has 1 atom stereocenters. The van der Waals surface area contributed by atoms with Crippen molar-refractivity contribution in [3.05, 3.63) is 60.2 Å². The molecule has 7 heteroatoms. The van der Waals surface area contributed by atoms with Crippen LogP contribution in [0.5, 0.6) is 5.75 Å². The first kappa shape index (κ1) is 22.5. The molecule has 1 aliphatic rings. The Morgan fingerprint density at radius 1 is 1.13 bits per heavy atom. The number of carbonyl (C=O) groups is 1. The molecule has 2 heterocycles. The van der Waals surface area contributed by atoms with E-state index < -0.39 is 5.97 Å². The Morgan fingerprint density at radius 2 is 1.94 bits per heavy atom. The quantitative estimate of drug-likeness (QED) is 0.491. The van der Waals surface area contributed by atoms with Crippen LogP contribution in [0.15, 0.2) is 54.6 Å². The molecule has 1 fully saturated rings. The average molecular weight is 443 g/mol. The number of carboxylic acids is 1. The summed E-state index contributed by atoms with van der Waals surface area (Å²) >= 11 is 0. The number of rotatable bonds is 4. The maximum atomic E-state index is 11.6. The van der Waals surface area contributed by atoms with E-state index in [9.17, 15) is 9.90 Å². The molecule has 0 amide bonds. The largest absolute Gasteiger partial charge is 1.00 e. The van der Waals surface area contributed by atoms with Crippen molar-refractivity contribution < 1.29 is 72.2 Å². The summed E-state index contributed by atoms with van der Waals surface area (Å²) in [6.45, 7) is 0.715. The van der Waals surface area contributed by atoms with E-state index in [2.05, 4.69) is 6.07 Å². The van der Waals surface area contributed by atoms with Gasteiger partial charge in [0.05, 0.1) is 18.2 Å². The smallest absolute Gasteiger partial charge is 1.00 e. The molecule has 0 bridgehead atoms. The van der Waals surface area contributed by atoms with Gasteiger partial charge in [0.1, 0.15) is 11.4 Å². The van der Waals surface area contributed by atoms with Gasteiger partial charge in [-0.15, -0.1) is 0 Å². The van der Waals surface area contributed by atoms with E-state index >= 15 is 0 Å². The monoisotopic (exact) mass is 442 g/mol. The number of methoxy groups -OCH3 is 1. The molecule has 4 aromatic rings. The number of nitrogens with zero attached hydrogens (tertiary/aromatic N) is 2. The van der Waals surface area contributed by atoms with Crippen LogP contribution in [0.25, 0.3) is 32.9 Å². The van der Waals surface area contributed by atoms with E-state index in [1.165, 1.54) is 0 Å². The Hall–Kier alpha value is -1.74. The molecule has 1 aromatic heterocycles. The second-order valence-corrected chi connectivity index (χ2v) is 7.58. The Kier molecular flexibility index (Phi) is 6.81. The van der Waals surface area contributed by atoms with Crippen LogP contribution in [0.4, 0.5) is 0 Å². The van der Waals surface area contributed by atoms with Gasteiger partial charge in [-0.2, -0.15) is 5.10 Å². The van der Waals surface area contributed by atoms with Crippen LogP contribution in [-0.4, -0.2) is 34.6 Å². The molecule has 0 aliphatic carbocycles. The Balaban J connectivity index is 0.00000144. The third-order valence-electron chi connectivity index (χ3n) is 5.70. The topological polar surface area (TPSA) is 73.6 Å². The zero-order valence-corrected chi connectivity index (χ0v) is 20.8. The van der Waals surface area contributed by atoms with Crippen LogP contribution in [0.1, 0.15) is 37.3 Å². The number of hydrogen-bond donors (Lipinski definition) is 1. The summed E-state index contributed by atoms with van der Waals surface area (Å²) < 4.78 is 13.2. The minimum atomic E-state index is -0.949. The van der Waals surface area contributed by atoms with E-state index in [4.69, 9.17) is 14.6 Å². The molecule has 1 N–H and O–H groups in total. The van der Waals surface area contributed by atoms with Gasteiger partial charge in [0.15, 0.2) is 6.23 Å². The van der Waals surface area contributed by atoms with E-state index in [0.29, 0.717) is 6.61 Å². The van der Waals surface area contributed by atoms with Gasteiger partial charge in [0.2, 0.25) is 0 Å². The van der Waals surface area contributed by atoms with Crippen LogP contribution >= 0.6 is 0 Å². The summed E-state index contributed by atoms with van der Waals surface area (Å²) in [5, 5.41) is 17.3. The molecule has 3 aromatic carbocycles. The Morgan fingerprint density at radius 3 is 2.68 bits per heavy atom. The maximum Gasteiger partial charge on any atom is 1.00 e. The number of fused-ring (bicyclic) bond motifs is 2. The SMILES string of the molecule is COc1ccc2cc(-c3nn(C4CCCCO4)c4ccc(C(=O)O)cc34)ccc2c1.[H-].[K+]. The van der Waals surface area contributed by atoms with Gasteiger partial charge in [0, 0.05) is 17.6 Å². The molecule has 0 saturated carbocycles. The van der Waals surface area contributed by atoms with Crippen molar-refractivity contribution in [2.24, 2.45) is 0 Å². The second kappa shape index (κ2) is 9.40.